The number of carbonyl (C=O) groups excluding carboxylic acids is 3. The maximum Gasteiger partial charge on any atom is 0.239 e. The molecule has 2 aromatic rings. The van der Waals surface area contributed by atoms with Crippen LogP contribution in [0.2, 0.25) is 0 Å². The Bertz CT molecular complexity index is 884. The van der Waals surface area contributed by atoms with Crippen molar-refractivity contribution >= 4 is 34.7 Å². The fraction of sp³-hybridized carbons (Fsp3) is 0.409. The van der Waals surface area contributed by atoms with Gasteiger partial charge in [-0.25, -0.2) is 0 Å². The summed E-state index contributed by atoms with van der Waals surface area (Å²) in [7, 11) is 0. The molecule has 3 amide bonds. The van der Waals surface area contributed by atoms with E-state index in [9.17, 15) is 14.4 Å². The molecule has 1 atom stereocenters. The lowest BCUT2D eigenvalue weighted by Gasteiger charge is -2.24. The monoisotopic (exact) mass is 429 g/mol. The lowest BCUT2D eigenvalue weighted by atomic mass is 10.1. The van der Waals surface area contributed by atoms with Crippen molar-refractivity contribution in [2.75, 3.05) is 31.1 Å². The molecule has 0 aliphatic carbocycles. The Morgan fingerprint density at radius 2 is 2.03 bits per heavy atom. The highest BCUT2D eigenvalue weighted by atomic mass is 32.1. The van der Waals surface area contributed by atoms with E-state index in [-0.39, 0.29) is 37.2 Å². The van der Waals surface area contributed by atoms with Gasteiger partial charge in [-0.15, -0.1) is 11.3 Å². The van der Waals surface area contributed by atoms with Gasteiger partial charge in [0.05, 0.1) is 31.3 Å². The number of carbonyl (C=O) groups is 3. The Morgan fingerprint density at radius 3 is 2.73 bits per heavy atom. The molecule has 7 nitrogen and oxygen atoms in total. The van der Waals surface area contributed by atoms with Gasteiger partial charge in [0.2, 0.25) is 17.7 Å². The zero-order valence-corrected chi connectivity index (χ0v) is 18.1. The first-order valence-corrected chi connectivity index (χ1v) is 11.0. The van der Waals surface area contributed by atoms with Crippen LogP contribution in [0.1, 0.15) is 25.1 Å². The van der Waals surface area contributed by atoms with Gasteiger partial charge in [-0.2, -0.15) is 0 Å². The van der Waals surface area contributed by atoms with Crippen molar-refractivity contribution in [1.82, 2.24) is 10.2 Å². The van der Waals surface area contributed by atoms with Crippen molar-refractivity contribution in [2.24, 2.45) is 5.92 Å². The zero-order chi connectivity index (χ0) is 21.5. The number of nitrogens with one attached hydrogen (secondary N) is 1. The number of para-hydroxylation sites is 2. The molecule has 0 spiro atoms. The van der Waals surface area contributed by atoms with Crippen LogP contribution in [0.5, 0.6) is 5.75 Å². The third-order valence-corrected chi connectivity index (χ3v) is 5.87. The average Bonchev–Trinajstić information content (AvgIpc) is 3.40. The van der Waals surface area contributed by atoms with Crippen molar-refractivity contribution < 1.29 is 19.1 Å². The van der Waals surface area contributed by atoms with Gasteiger partial charge in [0.15, 0.2) is 0 Å². The van der Waals surface area contributed by atoms with Gasteiger partial charge in [-0.05, 0) is 37.4 Å². The summed E-state index contributed by atoms with van der Waals surface area (Å²) in [5.74, 6) is -0.340. The molecule has 160 valence electrons. The summed E-state index contributed by atoms with van der Waals surface area (Å²) in [4.78, 5) is 42.1. The maximum atomic E-state index is 13.0. The van der Waals surface area contributed by atoms with Crippen molar-refractivity contribution in [2.45, 2.75) is 26.8 Å². The molecule has 3 rings (SSSR count). The van der Waals surface area contributed by atoms with Crippen molar-refractivity contribution in [3.63, 3.8) is 0 Å². The van der Waals surface area contributed by atoms with E-state index in [0.29, 0.717) is 31.1 Å². The minimum atomic E-state index is -0.475. The number of nitrogens with zero attached hydrogens (tertiary/aromatic N) is 2. The van der Waals surface area contributed by atoms with Crippen molar-refractivity contribution in [1.29, 1.82) is 0 Å². The molecule has 0 saturated carbocycles. The van der Waals surface area contributed by atoms with Gasteiger partial charge < -0.3 is 19.9 Å². The largest absolute Gasteiger partial charge is 0.492 e. The SMILES string of the molecule is CCOc1ccccc1N1CC(C(=O)N(CC)CC(=O)NCc2cccs2)CC1=O. The second kappa shape index (κ2) is 10.2. The molecular weight excluding hydrogens is 402 g/mol. The number of benzene rings is 1. The van der Waals surface area contributed by atoms with E-state index in [0.717, 1.165) is 4.88 Å². The predicted octanol–water partition coefficient (Wildman–Crippen LogP) is 2.66. The number of rotatable bonds is 9. The highest BCUT2D eigenvalue weighted by molar-refractivity contribution is 7.09. The van der Waals surface area contributed by atoms with Crippen LogP contribution in [0.15, 0.2) is 41.8 Å². The van der Waals surface area contributed by atoms with E-state index in [2.05, 4.69) is 5.32 Å². The molecule has 2 heterocycles. The van der Waals surface area contributed by atoms with Crippen LogP contribution >= 0.6 is 11.3 Å². The lowest BCUT2D eigenvalue weighted by molar-refractivity contribution is -0.139. The first-order valence-electron chi connectivity index (χ1n) is 10.1. The molecule has 1 unspecified atom stereocenters. The number of amides is 3. The minimum Gasteiger partial charge on any atom is -0.492 e. The molecule has 1 aromatic heterocycles. The summed E-state index contributed by atoms with van der Waals surface area (Å²) < 4.78 is 5.63. The summed E-state index contributed by atoms with van der Waals surface area (Å²) in [6, 6.07) is 11.2. The van der Waals surface area contributed by atoms with Gasteiger partial charge in [0.1, 0.15) is 5.75 Å². The summed E-state index contributed by atoms with van der Waals surface area (Å²) in [6.07, 6.45) is 0.132. The molecule has 1 aliphatic heterocycles. The number of hydrogen-bond acceptors (Lipinski definition) is 5. The summed E-state index contributed by atoms with van der Waals surface area (Å²) >= 11 is 1.57. The highest BCUT2D eigenvalue weighted by Crippen LogP contribution is 2.33. The number of likely N-dealkylation sites (N-methyl/N-ethyl adjacent to an activating group) is 1. The standard InChI is InChI=1S/C22H27N3O4S/c1-3-24(15-20(26)23-13-17-8-7-11-30-17)22(28)16-12-21(27)25(14-16)18-9-5-6-10-19(18)29-4-2/h5-11,16H,3-4,12-15H2,1-2H3,(H,23,26). The van der Waals surface area contributed by atoms with Gasteiger partial charge in [-0.1, -0.05) is 18.2 Å². The quantitative estimate of drug-likeness (QED) is 0.665. The van der Waals surface area contributed by atoms with E-state index in [4.69, 9.17) is 4.74 Å². The summed E-state index contributed by atoms with van der Waals surface area (Å²) in [6.45, 7) is 5.35. The Labute approximate surface area is 180 Å². The number of hydrogen-bond donors (Lipinski definition) is 1. The molecule has 0 radical (unpaired) electrons. The molecule has 30 heavy (non-hydrogen) atoms. The number of anilines is 1. The Morgan fingerprint density at radius 1 is 1.23 bits per heavy atom. The Kier molecular flexibility index (Phi) is 7.46. The van der Waals surface area contributed by atoms with Crippen LogP contribution in [0.25, 0.3) is 0 Å². The molecule has 8 heteroatoms. The maximum absolute atomic E-state index is 13.0. The van der Waals surface area contributed by atoms with E-state index < -0.39 is 5.92 Å². The first-order chi connectivity index (χ1) is 14.5. The fourth-order valence-corrected chi connectivity index (χ4v) is 4.14. The Balaban J connectivity index is 1.61. The fourth-order valence-electron chi connectivity index (χ4n) is 3.50. The van der Waals surface area contributed by atoms with Crippen molar-refractivity contribution in [3.8, 4) is 5.75 Å². The van der Waals surface area contributed by atoms with Crippen LogP contribution in [0, 0.1) is 5.92 Å². The van der Waals surface area contributed by atoms with Crippen LogP contribution in [0.4, 0.5) is 5.69 Å². The first kappa shape index (κ1) is 21.8. The van der Waals surface area contributed by atoms with Gasteiger partial charge in [0, 0.05) is 24.4 Å². The topological polar surface area (TPSA) is 79.0 Å². The molecule has 1 aliphatic rings. The second-order valence-electron chi connectivity index (χ2n) is 7.01. The predicted molar refractivity (Wildman–Crippen MR) is 116 cm³/mol. The second-order valence-corrected chi connectivity index (χ2v) is 8.05. The molecular formula is C22H27N3O4S. The number of ether oxygens (including phenoxy) is 1. The molecule has 1 saturated heterocycles. The third kappa shape index (κ3) is 5.18. The van der Waals surface area contributed by atoms with E-state index in [1.807, 2.05) is 55.6 Å². The lowest BCUT2D eigenvalue weighted by Crippen LogP contribution is -2.43. The zero-order valence-electron chi connectivity index (χ0n) is 17.3. The number of thiophene rings is 1. The highest BCUT2D eigenvalue weighted by Gasteiger charge is 2.38. The molecule has 0 bridgehead atoms. The molecule has 1 N–H and O–H groups in total. The van der Waals surface area contributed by atoms with E-state index in [1.165, 1.54) is 4.90 Å². The molecule has 1 aromatic carbocycles. The Hall–Kier alpha value is -2.87. The van der Waals surface area contributed by atoms with E-state index in [1.54, 1.807) is 16.2 Å². The summed E-state index contributed by atoms with van der Waals surface area (Å²) in [5.41, 5.74) is 0.677. The molecule has 1 fully saturated rings. The van der Waals surface area contributed by atoms with Gasteiger partial charge in [0.25, 0.3) is 0 Å². The average molecular weight is 430 g/mol. The summed E-state index contributed by atoms with van der Waals surface area (Å²) in [5, 5.41) is 4.80. The van der Waals surface area contributed by atoms with Crippen LogP contribution < -0.4 is 15.0 Å². The van der Waals surface area contributed by atoms with Crippen LogP contribution in [-0.4, -0.2) is 48.9 Å². The smallest absolute Gasteiger partial charge is 0.239 e. The van der Waals surface area contributed by atoms with Crippen molar-refractivity contribution in [3.05, 3.63) is 46.7 Å². The minimum absolute atomic E-state index is 0.0130. The third-order valence-electron chi connectivity index (χ3n) is 5.00. The van der Waals surface area contributed by atoms with Gasteiger partial charge >= 0.3 is 0 Å². The van der Waals surface area contributed by atoms with E-state index >= 15 is 0 Å². The normalized spacial score (nSPS) is 15.9. The van der Waals surface area contributed by atoms with Crippen LogP contribution in [0.3, 0.4) is 0 Å². The van der Waals surface area contributed by atoms with Gasteiger partial charge in [-0.3, -0.25) is 14.4 Å². The van der Waals surface area contributed by atoms with Crippen LogP contribution in [-0.2, 0) is 20.9 Å².